The van der Waals surface area contributed by atoms with Crippen LogP contribution in [0.15, 0.2) is 59.5 Å². The molecule has 4 rings (SSSR count). The zero-order chi connectivity index (χ0) is 29.4. The zero-order valence-corrected chi connectivity index (χ0v) is 24.3. The standard InChI is InChI=1S/C29H38N4O7S/c1-39-23-15-13-21(14-16-23)19-25(28(35)40-2)31-27(34)26-20-32(41(37,38)24-11-7-4-8-12-24)17-18-33(26)29(36)30-22-9-5-3-6-10-22/h4,7-8,11-16,22,25-26H,3,5-6,9-10,17-20H2,1-2H3,(H,30,36)(H,31,34)/t25-,26+/m0/s1. The Hall–Kier alpha value is -3.64. The summed E-state index contributed by atoms with van der Waals surface area (Å²) in [5, 5.41) is 5.76. The maximum atomic E-state index is 13.8. The normalized spacial score (nSPS) is 19.2. The van der Waals surface area contributed by atoms with Gasteiger partial charge in [-0.25, -0.2) is 18.0 Å². The van der Waals surface area contributed by atoms with Crippen LogP contribution in [0.1, 0.15) is 37.7 Å². The molecule has 0 aromatic heterocycles. The van der Waals surface area contributed by atoms with Gasteiger partial charge in [0.05, 0.1) is 19.1 Å². The maximum absolute atomic E-state index is 13.8. The summed E-state index contributed by atoms with van der Waals surface area (Å²) in [4.78, 5) is 41.3. The summed E-state index contributed by atoms with van der Waals surface area (Å²) >= 11 is 0. The Bertz CT molecular complexity index is 1300. The van der Waals surface area contributed by atoms with Gasteiger partial charge in [0.25, 0.3) is 0 Å². The van der Waals surface area contributed by atoms with Gasteiger partial charge in [0.1, 0.15) is 17.8 Å². The van der Waals surface area contributed by atoms with Crippen LogP contribution in [0, 0.1) is 0 Å². The molecule has 0 spiro atoms. The zero-order valence-electron chi connectivity index (χ0n) is 23.5. The van der Waals surface area contributed by atoms with Crippen LogP contribution in [0.3, 0.4) is 0 Å². The van der Waals surface area contributed by atoms with Gasteiger partial charge in [-0.15, -0.1) is 0 Å². The second-order valence-corrected chi connectivity index (χ2v) is 12.2. The Balaban J connectivity index is 1.56. The largest absolute Gasteiger partial charge is 0.497 e. The number of hydrogen-bond donors (Lipinski definition) is 2. The maximum Gasteiger partial charge on any atom is 0.328 e. The first-order valence-electron chi connectivity index (χ1n) is 13.9. The van der Waals surface area contributed by atoms with Crippen LogP contribution in [0.25, 0.3) is 0 Å². The van der Waals surface area contributed by atoms with Gasteiger partial charge in [0, 0.05) is 32.1 Å². The molecule has 2 N–H and O–H groups in total. The average molecular weight is 587 g/mol. The van der Waals surface area contributed by atoms with Gasteiger partial charge in [-0.3, -0.25) is 4.79 Å². The van der Waals surface area contributed by atoms with Crippen molar-refractivity contribution in [3.63, 3.8) is 0 Å². The van der Waals surface area contributed by atoms with E-state index in [1.807, 2.05) is 0 Å². The lowest BCUT2D eigenvalue weighted by atomic mass is 9.96. The number of amides is 3. The van der Waals surface area contributed by atoms with Crippen LogP contribution >= 0.6 is 0 Å². The Kier molecular flexibility index (Phi) is 10.2. The molecule has 0 radical (unpaired) electrons. The lowest BCUT2D eigenvalue weighted by Gasteiger charge is -2.41. The lowest BCUT2D eigenvalue weighted by Crippen LogP contribution is -2.65. The summed E-state index contributed by atoms with van der Waals surface area (Å²) in [6, 6.07) is 12.4. The first-order chi connectivity index (χ1) is 19.7. The summed E-state index contributed by atoms with van der Waals surface area (Å²) in [7, 11) is -1.14. The van der Waals surface area contributed by atoms with Crippen molar-refractivity contribution < 1.29 is 32.3 Å². The first-order valence-corrected chi connectivity index (χ1v) is 15.3. The number of methoxy groups -OCH3 is 2. The van der Waals surface area contributed by atoms with Crippen molar-refractivity contribution in [3.05, 3.63) is 60.2 Å². The summed E-state index contributed by atoms with van der Waals surface area (Å²) in [6.07, 6.45) is 5.01. The molecular formula is C29H38N4O7S. The van der Waals surface area contributed by atoms with Crippen molar-refractivity contribution in [1.82, 2.24) is 19.8 Å². The number of sulfonamides is 1. The smallest absolute Gasteiger partial charge is 0.328 e. The van der Waals surface area contributed by atoms with Crippen molar-refractivity contribution >= 4 is 27.9 Å². The van der Waals surface area contributed by atoms with Crippen LogP contribution < -0.4 is 15.4 Å². The highest BCUT2D eigenvalue weighted by atomic mass is 32.2. The Labute approximate surface area is 241 Å². The second-order valence-electron chi connectivity index (χ2n) is 10.3. The predicted molar refractivity (Wildman–Crippen MR) is 152 cm³/mol. The first kappa shape index (κ1) is 30.3. The molecule has 1 saturated heterocycles. The van der Waals surface area contributed by atoms with E-state index in [2.05, 4.69) is 10.6 Å². The van der Waals surface area contributed by atoms with E-state index >= 15 is 0 Å². The molecule has 41 heavy (non-hydrogen) atoms. The molecule has 0 unspecified atom stereocenters. The number of rotatable bonds is 9. The highest BCUT2D eigenvalue weighted by Gasteiger charge is 2.41. The van der Waals surface area contributed by atoms with E-state index in [-0.39, 0.29) is 37.0 Å². The third-order valence-electron chi connectivity index (χ3n) is 7.62. The SMILES string of the molecule is COC(=O)[C@H](Cc1ccc(OC)cc1)NC(=O)[C@H]1CN(S(=O)(=O)c2ccccc2)CCN1C(=O)NC1CCCCC1. The van der Waals surface area contributed by atoms with E-state index in [4.69, 9.17) is 9.47 Å². The van der Waals surface area contributed by atoms with E-state index in [1.54, 1.807) is 49.6 Å². The van der Waals surface area contributed by atoms with E-state index in [0.29, 0.717) is 5.75 Å². The fourth-order valence-corrected chi connectivity index (χ4v) is 6.75. The van der Waals surface area contributed by atoms with Crippen molar-refractivity contribution in [2.45, 2.75) is 61.5 Å². The van der Waals surface area contributed by atoms with E-state index in [9.17, 15) is 22.8 Å². The third-order valence-corrected chi connectivity index (χ3v) is 9.50. The van der Waals surface area contributed by atoms with Gasteiger partial charge in [0.15, 0.2) is 0 Å². The van der Waals surface area contributed by atoms with Crippen molar-refractivity contribution in [3.8, 4) is 5.75 Å². The molecule has 2 aliphatic rings. The number of carbonyl (C=O) groups excluding carboxylic acids is 3. The Morgan fingerprint density at radius 3 is 2.27 bits per heavy atom. The fourth-order valence-electron chi connectivity index (χ4n) is 5.29. The van der Waals surface area contributed by atoms with Crippen molar-refractivity contribution in [2.75, 3.05) is 33.9 Å². The molecule has 3 amide bonds. The highest BCUT2D eigenvalue weighted by Crippen LogP contribution is 2.22. The molecule has 12 heteroatoms. The number of urea groups is 1. The van der Waals surface area contributed by atoms with Gasteiger partial charge >= 0.3 is 12.0 Å². The third kappa shape index (κ3) is 7.56. The minimum absolute atomic E-state index is 0.00364. The monoisotopic (exact) mass is 586 g/mol. The number of esters is 1. The second kappa shape index (κ2) is 13.8. The van der Waals surface area contributed by atoms with Crippen LogP contribution in [-0.2, 0) is 30.8 Å². The number of nitrogens with one attached hydrogen (secondary N) is 2. The van der Waals surface area contributed by atoms with E-state index < -0.39 is 40.0 Å². The number of carbonyl (C=O) groups is 3. The molecule has 1 heterocycles. The molecule has 2 fully saturated rings. The topological polar surface area (TPSA) is 134 Å². The fraction of sp³-hybridized carbons (Fsp3) is 0.483. The Morgan fingerprint density at radius 1 is 0.951 bits per heavy atom. The van der Waals surface area contributed by atoms with Gasteiger partial charge < -0.3 is 25.0 Å². The summed E-state index contributed by atoms with van der Waals surface area (Å²) in [6.45, 7) is -0.201. The molecule has 2 atom stereocenters. The molecule has 11 nitrogen and oxygen atoms in total. The van der Waals surface area contributed by atoms with Crippen LogP contribution in [0.5, 0.6) is 5.75 Å². The van der Waals surface area contributed by atoms with E-state index in [0.717, 1.165) is 37.7 Å². The van der Waals surface area contributed by atoms with Gasteiger partial charge in [0.2, 0.25) is 15.9 Å². The summed E-state index contributed by atoms with van der Waals surface area (Å²) < 4.78 is 38.2. The van der Waals surface area contributed by atoms with Gasteiger partial charge in [-0.05, 0) is 42.7 Å². The molecule has 2 aromatic rings. The van der Waals surface area contributed by atoms with Crippen molar-refractivity contribution in [2.24, 2.45) is 0 Å². The van der Waals surface area contributed by atoms with Crippen LogP contribution in [-0.4, -0.2) is 87.5 Å². The minimum Gasteiger partial charge on any atom is -0.497 e. The van der Waals surface area contributed by atoms with E-state index in [1.165, 1.54) is 28.4 Å². The van der Waals surface area contributed by atoms with Gasteiger partial charge in [-0.2, -0.15) is 4.31 Å². The molecule has 222 valence electrons. The van der Waals surface area contributed by atoms with Crippen LogP contribution in [0.2, 0.25) is 0 Å². The number of piperazine rings is 1. The molecular weight excluding hydrogens is 548 g/mol. The summed E-state index contributed by atoms with van der Waals surface area (Å²) in [5.41, 5.74) is 0.755. The number of ether oxygens (including phenoxy) is 2. The average Bonchev–Trinajstić information content (AvgIpc) is 3.01. The number of hydrogen-bond acceptors (Lipinski definition) is 7. The molecule has 0 bridgehead atoms. The molecule has 1 aliphatic carbocycles. The quantitative estimate of drug-likeness (QED) is 0.431. The minimum atomic E-state index is -3.92. The van der Waals surface area contributed by atoms with Crippen molar-refractivity contribution in [1.29, 1.82) is 0 Å². The molecule has 2 aromatic carbocycles. The molecule has 1 aliphatic heterocycles. The van der Waals surface area contributed by atoms with Gasteiger partial charge in [-0.1, -0.05) is 49.6 Å². The highest BCUT2D eigenvalue weighted by molar-refractivity contribution is 7.89. The summed E-state index contributed by atoms with van der Waals surface area (Å²) in [5.74, 6) is -0.647. The molecule has 1 saturated carbocycles. The number of benzene rings is 2. The number of nitrogens with zero attached hydrogens (tertiary/aromatic N) is 2. The Morgan fingerprint density at radius 2 is 1.63 bits per heavy atom. The predicted octanol–water partition coefficient (Wildman–Crippen LogP) is 2.31. The van der Waals surface area contributed by atoms with Crippen LogP contribution in [0.4, 0.5) is 4.79 Å². The lowest BCUT2D eigenvalue weighted by molar-refractivity contribution is -0.145.